The van der Waals surface area contributed by atoms with Crippen molar-refractivity contribution in [3.8, 4) is 17.6 Å². The van der Waals surface area contributed by atoms with Gasteiger partial charge in [-0.2, -0.15) is 0 Å². The molecule has 0 aliphatic rings. The normalized spacial score (nSPS) is 11.2. The lowest BCUT2D eigenvalue weighted by atomic mass is 10.1. The standard InChI is InChI=1S/C28H26F3N5O5.CH4/c29-28(30,31)41-23-3-1-2-20(14-23)16-33-17-25(37)34-22-12-8-19(9-13-22)5-4-18-6-10-21(11-7-18)26(38)35-24(15-32)27(39)36-40;/h1-3,6-14,24,33,40H,15-17,32H2,(H,34,37)(H,35,38)(H,36,39);1H4/t24-;/m0./s1. The van der Waals surface area contributed by atoms with Gasteiger partial charge >= 0.3 is 6.36 Å². The van der Waals surface area contributed by atoms with Crippen LogP contribution < -0.4 is 31.9 Å². The summed E-state index contributed by atoms with van der Waals surface area (Å²) in [6.45, 7) is -0.0949. The second-order valence-corrected chi connectivity index (χ2v) is 8.49. The number of amides is 3. The van der Waals surface area contributed by atoms with E-state index in [1.807, 2.05) is 0 Å². The molecule has 1 atom stereocenters. The number of hydrogen-bond donors (Lipinski definition) is 6. The Morgan fingerprint density at radius 2 is 1.57 bits per heavy atom. The molecule has 0 aliphatic heterocycles. The summed E-state index contributed by atoms with van der Waals surface area (Å²) < 4.78 is 41.0. The molecule has 0 unspecified atom stereocenters. The molecule has 3 amide bonds. The van der Waals surface area contributed by atoms with Crippen LogP contribution in [-0.4, -0.2) is 48.4 Å². The Morgan fingerprint density at radius 1 is 0.952 bits per heavy atom. The summed E-state index contributed by atoms with van der Waals surface area (Å²) >= 11 is 0. The predicted octanol–water partition coefficient (Wildman–Crippen LogP) is 2.91. The van der Waals surface area contributed by atoms with E-state index >= 15 is 0 Å². The lowest BCUT2D eigenvalue weighted by Crippen LogP contribution is -2.50. The minimum atomic E-state index is -4.78. The van der Waals surface area contributed by atoms with Crippen molar-refractivity contribution in [2.75, 3.05) is 18.4 Å². The Bertz CT molecular complexity index is 1420. The minimum Gasteiger partial charge on any atom is -0.406 e. The van der Waals surface area contributed by atoms with Crippen LogP contribution in [0, 0.1) is 11.8 Å². The summed E-state index contributed by atoms with van der Waals surface area (Å²) in [6, 6.07) is 17.5. The summed E-state index contributed by atoms with van der Waals surface area (Å²) in [4.78, 5) is 35.9. The molecule has 0 spiro atoms. The third-order valence-corrected chi connectivity index (χ3v) is 5.38. The highest BCUT2D eigenvalue weighted by Gasteiger charge is 2.31. The molecule has 0 fully saturated rings. The van der Waals surface area contributed by atoms with Crippen molar-refractivity contribution in [1.82, 2.24) is 16.1 Å². The first-order valence-corrected chi connectivity index (χ1v) is 12.1. The minimum absolute atomic E-state index is 0. The van der Waals surface area contributed by atoms with Crippen molar-refractivity contribution in [1.29, 1.82) is 0 Å². The zero-order valence-electron chi connectivity index (χ0n) is 21.4. The smallest absolute Gasteiger partial charge is 0.406 e. The molecule has 13 heteroatoms. The molecular formula is C29H30F3N5O5. The van der Waals surface area contributed by atoms with E-state index in [4.69, 9.17) is 10.9 Å². The Labute approximate surface area is 240 Å². The molecule has 0 aliphatic carbocycles. The first kappa shape index (κ1) is 33.3. The lowest BCUT2D eigenvalue weighted by Gasteiger charge is -2.14. The number of nitrogens with two attached hydrogens (primary N) is 1. The highest BCUT2D eigenvalue weighted by Crippen LogP contribution is 2.23. The molecule has 0 heterocycles. The molecule has 42 heavy (non-hydrogen) atoms. The maximum absolute atomic E-state index is 12.4. The summed E-state index contributed by atoms with van der Waals surface area (Å²) in [6.07, 6.45) is -4.78. The van der Waals surface area contributed by atoms with E-state index in [0.29, 0.717) is 22.4 Å². The van der Waals surface area contributed by atoms with Gasteiger partial charge in [0, 0.05) is 35.5 Å². The van der Waals surface area contributed by atoms with Gasteiger partial charge in [0.1, 0.15) is 11.8 Å². The van der Waals surface area contributed by atoms with Crippen molar-refractivity contribution in [2.24, 2.45) is 5.73 Å². The number of carbonyl (C=O) groups is 3. The fourth-order valence-electron chi connectivity index (χ4n) is 3.42. The van der Waals surface area contributed by atoms with Crippen molar-refractivity contribution in [2.45, 2.75) is 26.4 Å². The largest absolute Gasteiger partial charge is 0.573 e. The molecule has 0 bridgehead atoms. The number of carbonyl (C=O) groups excluding carboxylic acids is 3. The highest BCUT2D eigenvalue weighted by molar-refractivity contribution is 5.97. The van der Waals surface area contributed by atoms with Gasteiger partial charge in [-0.3, -0.25) is 19.6 Å². The van der Waals surface area contributed by atoms with Crippen molar-refractivity contribution >= 4 is 23.4 Å². The number of anilines is 1. The van der Waals surface area contributed by atoms with Crippen LogP contribution in [0.15, 0.2) is 72.8 Å². The zero-order chi connectivity index (χ0) is 29.8. The number of halogens is 3. The molecule has 10 nitrogen and oxygen atoms in total. The van der Waals surface area contributed by atoms with Crippen LogP contribution in [0.4, 0.5) is 18.9 Å². The van der Waals surface area contributed by atoms with Crippen molar-refractivity contribution in [3.05, 3.63) is 95.1 Å². The number of alkyl halides is 3. The molecule has 0 aromatic heterocycles. The van der Waals surface area contributed by atoms with Gasteiger partial charge in [-0.05, 0) is 66.2 Å². The van der Waals surface area contributed by atoms with Gasteiger partial charge in [-0.1, -0.05) is 31.4 Å². The van der Waals surface area contributed by atoms with Gasteiger partial charge in [0.2, 0.25) is 5.91 Å². The lowest BCUT2D eigenvalue weighted by molar-refractivity contribution is -0.274. The fourth-order valence-corrected chi connectivity index (χ4v) is 3.42. The van der Waals surface area contributed by atoms with Gasteiger partial charge in [0.15, 0.2) is 0 Å². The maximum Gasteiger partial charge on any atom is 0.573 e. The number of hydroxylamine groups is 1. The van der Waals surface area contributed by atoms with Crippen LogP contribution in [-0.2, 0) is 16.1 Å². The van der Waals surface area contributed by atoms with Gasteiger partial charge < -0.3 is 26.4 Å². The van der Waals surface area contributed by atoms with Gasteiger partial charge in [0.25, 0.3) is 11.8 Å². The van der Waals surface area contributed by atoms with Crippen LogP contribution in [0.5, 0.6) is 5.75 Å². The summed E-state index contributed by atoms with van der Waals surface area (Å²) in [5.41, 5.74) is 9.50. The second kappa shape index (κ2) is 15.8. The second-order valence-electron chi connectivity index (χ2n) is 8.49. The molecule has 3 aromatic rings. The summed E-state index contributed by atoms with van der Waals surface area (Å²) in [5, 5.41) is 16.7. The maximum atomic E-state index is 12.4. The van der Waals surface area contributed by atoms with E-state index < -0.39 is 24.2 Å². The number of hydrogen-bond acceptors (Lipinski definition) is 7. The van der Waals surface area contributed by atoms with Gasteiger partial charge in [-0.15, -0.1) is 13.2 Å². The number of nitrogens with one attached hydrogen (secondary N) is 4. The topological polar surface area (TPSA) is 155 Å². The Kier molecular flexibility index (Phi) is 12.5. The Hall–Kier alpha value is -4.90. The van der Waals surface area contributed by atoms with E-state index in [2.05, 4.69) is 32.5 Å². The quantitative estimate of drug-likeness (QED) is 0.121. The van der Waals surface area contributed by atoms with Crippen LogP contribution in [0.25, 0.3) is 0 Å². The average molecular weight is 586 g/mol. The SMILES string of the molecule is C.NC[C@H](NC(=O)c1ccc(C#Cc2ccc(NC(=O)CNCc3cccc(OC(F)(F)F)c3)cc2)cc1)C(=O)NO. The summed E-state index contributed by atoms with van der Waals surface area (Å²) in [7, 11) is 0. The van der Waals surface area contributed by atoms with Crippen LogP contribution >= 0.6 is 0 Å². The molecule has 7 N–H and O–H groups in total. The fraction of sp³-hybridized carbons (Fsp3) is 0.207. The van der Waals surface area contributed by atoms with Crippen LogP contribution in [0.3, 0.4) is 0 Å². The Morgan fingerprint density at radius 3 is 2.14 bits per heavy atom. The average Bonchev–Trinajstić information content (AvgIpc) is 2.94. The zero-order valence-corrected chi connectivity index (χ0v) is 21.4. The van der Waals surface area contributed by atoms with E-state index in [0.717, 1.165) is 0 Å². The molecule has 222 valence electrons. The van der Waals surface area contributed by atoms with Crippen molar-refractivity contribution in [3.63, 3.8) is 0 Å². The molecule has 3 aromatic carbocycles. The first-order chi connectivity index (χ1) is 19.6. The summed E-state index contributed by atoms with van der Waals surface area (Å²) in [5.74, 6) is 3.89. The van der Waals surface area contributed by atoms with E-state index in [9.17, 15) is 27.6 Å². The third kappa shape index (κ3) is 10.9. The number of ether oxygens (including phenoxy) is 1. The van der Waals surface area contributed by atoms with Gasteiger partial charge in [-0.25, -0.2) is 5.48 Å². The first-order valence-electron chi connectivity index (χ1n) is 12.1. The molecular weight excluding hydrogens is 555 g/mol. The number of benzene rings is 3. The highest BCUT2D eigenvalue weighted by atomic mass is 19.4. The Balaban J connectivity index is 0.00000616. The predicted molar refractivity (Wildman–Crippen MR) is 149 cm³/mol. The molecule has 3 rings (SSSR count). The van der Waals surface area contributed by atoms with Crippen LogP contribution in [0.2, 0.25) is 0 Å². The third-order valence-electron chi connectivity index (χ3n) is 5.38. The number of rotatable bonds is 10. The van der Waals surface area contributed by atoms with E-state index in [1.165, 1.54) is 35.8 Å². The van der Waals surface area contributed by atoms with E-state index in [-0.39, 0.29) is 44.3 Å². The van der Waals surface area contributed by atoms with E-state index in [1.54, 1.807) is 42.5 Å². The van der Waals surface area contributed by atoms with Crippen LogP contribution in [0.1, 0.15) is 34.5 Å². The molecule has 0 radical (unpaired) electrons. The van der Waals surface area contributed by atoms with Crippen molar-refractivity contribution < 1.29 is 37.5 Å². The monoisotopic (exact) mass is 585 g/mol. The molecule has 0 saturated heterocycles. The molecule has 0 saturated carbocycles. The van der Waals surface area contributed by atoms with Gasteiger partial charge in [0.05, 0.1) is 6.54 Å².